The highest BCUT2D eigenvalue weighted by atomic mass is 79.9. The fraction of sp³-hybridized carbons (Fsp3) is 0.250. The minimum absolute atomic E-state index is 0.801. The Balaban J connectivity index is 2.96. The Labute approximate surface area is 80.8 Å². The van der Waals surface area contributed by atoms with Crippen molar-refractivity contribution < 1.29 is 9.42 Å². The van der Waals surface area contributed by atoms with Crippen molar-refractivity contribution in [3.8, 4) is 0 Å². The number of halogens is 1. The van der Waals surface area contributed by atoms with Gasteiger partial charge in [-0.2, -0.15) is 4.52 Å². The van der Waals surface area contributed by atoms with Gasteiger partial charge in [-0.05, 0) is 19.1 Å². The quantitative estimate of drug-likeness (QED) is 0.816. The fourth-order valence-corrected chi connectivity index (χ4v) is 2.27. The maximum atomic E-state index is 9.69. The molecule has 2 nitrogen and oxygen atoms in total. The SMILES string of the molecule is CO[P+](O)(Br)c1ccc(C)cc1. The molecule has 0 radical (unpaired) electrons. The zero-order valence-electron chi connectivity index (χ0n) is 6.99. The molecule has 0 fully saturated rings. The van der Waals surface area contributed by atoms with E-state index in [0.717, 1.165) is 5.30 Å². The number of hydrogen-bond donors (Lipinski definition) is 1. The summed E-state index contributed by atoms with van der Waals surface area (Å²) < 4.78 is 4.95. The molecule has 0 aromatic heterocycles. The van der Waals surface area contributed by atoms with Gasteiger partial charge < -0.3 is 0 Å². The van der Waals surface area contributed by atoms with E-state index in [9.17, 15) is 4.89 Å². The molecule has 0 amide bonds. The zero-order chi connectivity index (χ0) is 9.19. The molecule has 66 valence electrons. The topological polar surface area (TPSA) is 29.5 Å². The minimum Gasteiger partial charge on any atom is -0.204 e. The number of benzene rings is 1. The third-order valence-electron chi connectivity index (χ3n) is 1.59. The molecule has 1 unspecified atom stereocenters. The summed E-state index contributed by atoms with van der Waals surface area (Å²) in [6.07, 6.45) is -2.48. The lowest BCUT2D eigenvalue weighted by molar-refractivity contribution is 0.396. The predicted octanol–water partition coefficient (Wildman–Crippen LogP) is 2.42. The van der Waals surface area contributed by atoms with E-state index < -0.39 is 6.42 Å². The lowest BCUT2D eigenvalue weighted by Crippen LogP contribution is -2.06. The van der Waals surface area contributed by atoms with Gasteiger partial charge in [-0.15, -0.1) is 0 Å². The summed E-state index contributed by atoms with van der Waals surface area (Å²) >= 11 is 3.16. The first-order valence-electron chi connectivity index (χ1n) is 3.50. The van der Waals surface area contributed by atoms with Gasteiger partial charge >= 0.3 is 6.42 Å². The van der Waals surface area contributed by atoms with Crippen LogP contribution >= 0.6 is 21.9 Å². The molecule has 0 heterocycles. The Morgan fingerprint density at radius 1 is 1.33 bits per heavy atom. The lowest BCUT2D eigenvalue weighted by Gasteiger charge is -2.07. The molecule has 4 heteroatoms. The van der Waals surface area contributed by atoms with Crippen molar-refractivity contribution in [2.24, 2.45) is 0 Å². The maximum Gasteiger partial charge on any atom is 0.372 e. The molecule has 0 spiro atoms. The van der Waals surface area contributed by atoms with Gasteiger partial charge in [0, 0.05) is 0 Å². The average Bonchev–Trinajstić information content (AvgIpc) is 2.05. The molecule has 1 aromatic rings. The van der Waals surface area contributed by atoms with Crippen molar-refractivity contribution in [2.45, 2.75) is 6.92 Å². The average molecular weight is 250 g/mol. The van der Waals surface area contributed by atoms with E-state index in [1.165, 1.54) is 12.7 Å². The molecule has 1 rings (SSSR count). The van der Waals surface area contributed by atoms with E-state index in [1.807, 2.05) is 31.2 Å². The largest absolute Gasteiger partial charge is 0.372 e. The Kier molecular flexibility index (Phi) is 3.24. The van der Waals surface area contributed by atoms with E-state index >= 15 is 0 Å². The van der Waals surface area contributed by atoms with Crippen LogP contribution in [0, 0.1) is 6.92 Å². The van der Waals surface area contributed by atoms with Crippen LogP contribution < -0.4 is 5.30 Å². The Morgan fingerprint density at radius 3 is 2.25 bits per heavy atom. The number of rotatable bonds is 2. The Morgan fingerprint density at radius 2 is 1.83 bits per heavy atom. The molecule has 0 saturated carbocycles. The fourth-order valence-electron chi connectivity index (χ4n) is 0.834. The third kappa shape index (κ3) is 2.27. The van der Waals surface area contributed by atoms with Crippen LogP contribution in [-0.4, -0.2) is 12.0 Å². The van der Waals surface area contributed by atoms with E-state index in [1.54, 1.807) is 0 Å². The molecule has 0 saturated heterocycles. The van der Waals surface area contributed by atoms with Crippen LogP contribution in [0.15, 0.2) is 24.3 Å². The molecule has 12 heavy (non-hydrogen) atoms. The maximum absolute atomic E-state index is 9.69. The van der Waals surface area contributed by atoms with Crippen molar-refractivity contribution >= 4 is 27.2 Å². The summed E-state index contributed by atoms with van der Waals surface area (Å²) in [5, 5.41) is 0.801. The molecule has 0 aliphatic heterocycles. The van der Waals surface area contributed by atoms with Crippen LogP contribution in [0.25, 0.3) is 0 Å². The minimum atomic E-state index is -2.48. The summed E-state index contributed by atoms with van der Waals surface area (Å²) in [6.45, 7) is 2.00. The van der Waals surface area contributed by atoms with Gasteiger partial charge in [0.1, 0.15) is 0 Å². The summed E-state index contributed by atoms with van der Waals surface area (Å²) in [4.78, 5) is 9.69. The van der Waals surface area contributed by atoms with Gasteiger partial charge in [-0.25, -0.2) is 4.89 Å². The monoisotopic (exact) mass is 249 g/mol. The first-order valence-corrected chi connectivity index (χ1v) is 7.18. The van der Waals surface area contributed by atoms with Crippen molar-refractivity contribution in [2.75, 3.05) is 7.11 Å². The van der Waals surface area contributed by atoms with Gasteiger partial charge in [0.05, 0.1) is 7.11 Å². The lowest BCUT2D eigenvalue weighted by atomic mass is 10.2. The highest BCUT2D eigenvalue weighted by molar-refractivity contribution is 9.41. The highest BCUT2D eigenvalue weighted by Gasteiger charge is 2.36. The number of aryl methyl sites for hydroxylation is 1. The van der Waals surface area contributed by atoms with Crippen molar-refractivity contribution in [1.29, 1.82) is 0 Å². The zero-order valence-corrected chi connectivity index (χ0v) is 9.47. The normalized spacial score (nSPS) is 15.7. The summed E-state index contributed by atoms with van der Waals surface area (Å²) in [5.41, 5.74) is 1.17. The second-order valence-electron chi connectivity index (χ2n) is 2.52. The van der Waals surface area contributed by atoms with Crippen LogP contribution in [0.1, 0.15) is 5.56 Å². The summed E-state index contributed by atoms with van der Waals surface area (Å²) in [5.74, 6) is 0. The van der Waals surface area contributed by atoms with Crippen LogP contribution in [0.2, 0.25) is 0 Å². The molecular weight excluding hydrogens is 239 g/mol. The van der Waals surface area contributed by atoms with Gasteiger partial charge in [0.15, 0.2) is 5.30 Å². The van der Waals surface area contributed by atoms with E-state index in [4.69, 9.17) is 4.52 Å². The molecule has 0 aliphatic carbocycles. The second-order valence-corrected chi connectivity index (χ2v) is 7.29. The van der Waals surface area contributed by atoms with Crippen molar-refractivity contribution in [3.05, 3.63) is 29.8 Å². The van der Waals surface area contributed by atoms with Crippen LogP contribution in [0.4, 0.5) is 0 Å². The summed E-state index contributed by atoms with van der Waals surface area (Å²) in [6, 6.07) is 7.61. The van der Waals surface area contributed by atoms with Crippen LogP contribution in [0.3, 0.4) is 0 Å². The Hall–Kier alpha value is 0.0500. The molecule has 1 aromatic carbocycles. The van der Waals surface area contributed by atoms with Gasteiger partial charge in [0.25, 0.3) is 0 Å². The van der Waals surface area contributed by atoms with E-state index in [2.05, 4.69) is 15.5 Å². The molecule has 0 aliphatic rings. The van der Waals surface area contributed by atoms with Crippen LogP contribution in [-0.2, 0) is 4.52 Å². The standard InChI is InChI=1S/C8H11BrO2P/c1-7-3-5-8(6-4-7)12(9,10)11-2/h3-6,10H,1-2H3/q+1. The van der Waals surface area contributed by atoms with Crippen LogP contribution in [0.5, 0.6) is 0 Å². The van der Waals surface area contributed by atoms with E-state index in [-0.39, 0.29) is 0 Å². The van der Waals surface area contributed by atoms with Gasteiger partial charge in [0.2, 0.25) is 15.5 Å². The first kappa shape index (κ1) is 10.1. The molecular formula is C8H11BrO2P+. The molecule has 1 N–H and O–H groups in total. The Bertz CT molecular complexity index is 258. The molecule has 0 bridgehead atoms. The van der Waals surface area contributed by atoms with Crippen molar-refractivity contribution in [1.82, 2.24) is 0 Å². The third-order valence-corrected chi connectivity index (χ3v) is 5.11. The first-order chi connectivity index (χ1) is 5.56. The highest BCUT2D eigenvalue weighted by Crippen LogP contribution is 2.61. The molecule has 1 atom stereocenters. The predicted molar refractivity (Wildman–Crippen MR) is 55.9 cm³/mol. The smallest absolute Gasteiger partial charge is 0.204 e. The van der Waals surface area contributed by atoms with E-state index in [0.29, 0.717) is 0 Å². The second kappa shape index (κ2) is 3.84. The van der Waals surface area contributed by atoms with Gasteiger partial charge in [-0.3, -0.25) is 0 Å². The van der Waals surface area contributed by atoms with Crippen molar-refractivity contribution in [3.63, 3.8) is 0 Å². The number of hydrogen-bond acceptors (Lipinski definition) is 2. The summed E-state index contributed by atoms with van der Waals surface area (Å²) in [7, 11) is 1.49. The van der Waals surface area contributed by atoms with Gasteiger partial charge in [-0.1, -0.05) is 17.7 Å².